The molecule has 1 aliphatic carbocycles. The average molecular weight is 437 g/mol. The van der Waals surface area contributed by atoms with Gasteiger partial charge in [-0.25, -0.2) is 6.57 Å². The molecule has 3 N–H and O–H groups in total. The molecule has 0 atom stereocenters. The molecule has 1 aromatic carbocycles. The minimum absolute atomic E-state index is 0.0146. The van der Waals surface area contributed by atoms with Crippen LogP contribution in [-0.4, -0.2) is 53.2 Å². The Morgan fingerprint density at radius 3 is 2.53 bits per heavy atom. The number of piperidine rings is 1. The number of anilines is 1. The van der Waals surface area contributed by atoms with E-state index in [2.05, 4.69) is 32.3 Å². The first-order valence-corrected chi connectivity index (χ1v) is 10.8. The zero-order valence-electron chi connectivity index (χ0n) is 18.2. The molecule has 4 rings (SSSR count). The maximum Gasteiger partial charge on any atom is 0.254 e. The van der Waals surface area contributed by atoms with Gasteiger partial charge in [0.15, 0.2) is 5.82 Å². The number of nitrogens with zero attached hydrogens (tertiary/aromatic N) is 4. The van der Waals surface area contributed by atoms with Crippen molar-refractivity contribution in [1.82, 2.24) is 14.7 Å². The molecule has 9 nitrogen and oxygen atoms in total. The van der Waals surface area contributed by atoms with Crippen LogP contribution in [-0.2, 0) is 16.9 Å². The van der Waals surface area contributed by atoms with Crippen LogP contribution in [0.4, 0.5) is 5.82 Å². The molecule has 0 unspecified atom stereocenters. The van der Waals surface area contributed by atoms with E-state index in [4.69, 9.17) is 17.0 Å². The molecular weight excluding hydrogens is 408 g/mol. The Labute approximate surface area is 187 Å². The summed E-state index contributed by atoms with van der Waals surface area (Å²) in [7, 11) is 1.65. The molecule has 0 spiro atoms. The number of likely N-dealkylation sites (tertiary alicyclic amines) is 1. The van der Waals surface area contributed by atoms with Crippen LogP contribution in [0, 0.1) is 12.5 Å². The summed E-state index contributed by atoms with van der Waals surface area (Å²) >= 11 is 0. The lowest BCUT2D eigenvalue weighted by Gasteiger charge is -2.38. The number of nitrogens with two attached hydrogens (primary N) is 1. The molecule has 1 aromatic heterocycles. The van der Waals surface area contributed by atoms with Gasteiger partial charge in [0.2, 0.25) is 12.5 Å². The van der Waals surface area contributed by atoms with Gasteiger partial charge >= 0.3 is 0 Å². The Kier molecular flexibility index (Phi) is 6.15. The number of aromatic nitrogens is 2. The van der Waals surface area contributed by atoms with Gasteiger partial charge in [-0.15, -0.1) is 0 Å². The van der Waals surface area contributed by atoms with Gasteiger partial charge in [0, 0.05) is 31.7 Å². The van der Waals surface area contributed by atoms with Gasteiger partial charge < -0.3 is 20.6 Å². The average Bonchev–Trinajstić information content (AvgIpc) is 3.56. The Morgan fingerprint density at radius 1 is 1.28 bits per heavy atom. The molecule has 1 saturated carbocycles. The number of carbonyl (C=O) groups is 2. The largest absolute Gasteiger partial charge is 0.497 e. The maximum absolute atomic E-state index is 12.2. The van der Waals surface area contributed by atoms with Crippen molar-refractivity contribution in [2.45, 2.75) is 37.8 Å². The number of amides is 2. The monoisotopic (exact) mass is 436 g/mol. The van der Waals surface area contributed by atoms with Gasteiger partial charge in [-0.3, -0.25) is 19.2 Å². The number of rotatable bonds is 8. The smallest absolute Gasteiger partial charge is 0.254 e. The molecule has 2 aromatic rings. The van der Waals surface area contributed by atoms with E-state index in [1.807, 2.05) is 12.1 Å². The van der Waals surface area contributed by atoms with E-state index in [0.29, 0.717) is 12.8 Å². The minimum atomic E-state index is -0.641. The normalized spacial score (nSPS) is 18.0. The summed E-state index contributed by atoms with van der Waals surface area (Å²) in [5.74, 6) is 0.235. The number of methoxy groups -OCH3 is 1. The Morgan fingerprint density at radius 2 is 1.97 bits per heavy atom. The summed E-state index contributed by atoms with van der Waals surface area (Å²) in [5.41, 5.74) is 6.39. The van der Waals surface area contributed by atoms with E-state index in [1.165, 1.54) is 5.56 Å². The van der Waals surface area contributed by atoms with Crippen molar-refractivity contribution in [2.75, 3.05) is 32.1 Å². The van der Waals surface area contributed by atoms with Crippen molar-refractivity contribution in [3.8, 4) is 5.75 Å². The summed E-state index contributed by atoms with van der Waals surface area (Å²) in [4.78, 5) is 30.2. The van der Waals surface area contributed by atoms with Crippen molar-refractivity contribution in [2.24, 2.45) is 11.7 Å². The zero-order valence-corrected chi connectivity index (χ0v) is 18.2. The number of carbonyl (C=O) groups excluding carboxylic acids is 2. The van der Waals surface area contributed by atoms with E-state index in [0.717, 1.165) is 38.2 Å². The summed E-state index contributed by atoms with van der Waals surface area (Å²) in [6, 6.07) is 8.02. The van der Waals surface area contributed by atoms with E-state index < -0.39 is 11.4 Å². The Hall–Kier alpha value is -3.38. The first-order valence-electron chi connectivity index (χ1n) is 10.8. The summed E-state index contributed by atoms with van der Waals surface area (Å²) < 4.78 is 6.91. The van der Waals surface area contributed by atoms with Crippen LogP contribution >= 0.6 is 0 Å². The van der Waals surface area contributed by atoms with Crippen LogP contribution in [0.3, 0.4) is 0 Å². The third-order valence-corrected chi connectivity index (χ3v) is 6.38. The van der Waals surface area contributed by atoms with Crippen LogP contribution in [0.1, 0.15) is 41.6 Å². The lowest BCUT2D eigenvalue weighted by atomic mass is 9.87. The standard InChI is InChI=1S/C23H28N6O3/c1-25-15-23(9-11-28(12-10-23)13-16-3-7-18(32-2)8-4-16)29-14-19(20(24)30)21(27-29)26-22(31)17-5-6-17/h3-4,7-8,14,17H,5-6,9-13,15H2,2H3,(H2,24,30)(H,26,27,31). The molecule has 1 aliphatic heterocycles. The molecular formula is C23H28N6O3. The Bertz CT molecular complexity index is 1030. The van der Waals surface area contributed by atoms with Crippen LogP contribution < -0.4 is 15.8 Å². The van der Waals surface area contributed by atoms with Crippen LogP contribution in [0.25, 0.3) is 4.85 Å². The maximum atomic E-state index is 12.2. The van der Waals surface area contributed by atoms with E-state index in [9.17, 15) is 9.59 Å². The highest BCUT2D eigenvalue weighted by Crippen LogP contribution is 2.34. The van der Waals surface area contributed by atoms with Gasteiger partial charge in [0.25, 0.3) is 5.91 Å². The minimum Gasteiger partial charge on any atom is -0.497 e. The van der Waals surface area contributed by atoms with Crippen LogP contribution in [0.2, 0.25) is 0 Å². The third-order valence-electron chi connectivity index (χ3n) is 6.38. The van der Waals surface area contributed by atoms with E-state index >= 15 is 0 Å². The molecule has 32 heavy (non-hydrogen) atoms. The van der Waals surface area contributed by atoms with Gasteiger partial charge in [0.1, 0.15) is 16.9 Å². The first kappa shape index (κ1) is 21.8. The lowest BCUT2D eigenvalue weighted by molar-refractivity contribution is -0.117. The highest BCUT2D eigenvalue weighted by Gasteiger charge is 2.41. The predicted octanol–water partition coefficient (Wildman–Crippen LogP) is 2.25. The fourth-order valence-corrected chi connectivity index (χ4v) is 4.18. The molecule has 2 heterocycles. The summed E-state index contributed by atoms with van der Waals surface area (Å²) in [6.07, 6.45) is 4.71. The highest BCUT2D eigenvalue weighted by atomic mass is 16.5. The molecule has 2 aliphatic rings. The topological polar surface area (TPSA) is 107 Å². The predicted molar refractivity (Wildman–Crippen MR) is 119 cm³/mol. The van der Waals surface area contributed by atoms with Gasteiger partial charge in [0.05, 0.1) is 7.11 Å². The SMILES string of the molecule is [C-]#[N+]CC1(n2cc(C(N)=O)c(NC(=O)C3CC3)n2)CCN(Cc2ccc(OC)cc2)CC1. The second kappa shape index (κ2) is 9.01. The van der Waals surface area contributed by atoms with Crippen molar-refractivity contribution in [3.05, 3.63) is 53.0 Å². The fraction of sp³-hybridized carbons (Fsp3) is 0.478. The number of primary amides is 1. The quantitative estimate of drug-likeness (QED) is 0.618. The van der Waals surface area contributed by atoms with Gasteiger partial charge in [-0.1, -0.05) is 12.1 Å². The molecule has 2 fully saturated rings. The molecule has 2 amide bonds. The number of nitrogens with one attached hydrogen (secondary N) is 1. The highest BCUT2D eigenvalue weighted by molar-refractivity contribution is 6.02. The first-order chi connectivity index (χ1) is 15.4. The van der Waals surface area contributed by atoms with Gasteiger partial charge in [-0.05, 0) is 43.4 Å². The molecule has 0 bridgehead atoms. The number of ether oxygens (including phenoxy) is 1. The number of hydrogen-bond donors (Lipinski definition) is 2. The molecule has 9 heteroatoms. The van der Waals surface area contributed by atoms with Crippen LogP contribution in [0.5, 0.6) is 5.75 Å². The molecule has 168 valence electrons. The summed E-state index contributed by atoms with van der Waals surface area (Å²) in [5, 5.41) is 7.29. The van der Waals surface area contributed by atoms with Crippen molar-refractivity contribution in [1.29, 1.82) is 0 Å². The number of hydrogen-bond acceptors (Lipinski definition) is 5. The van der Waals surface area contributed by atoms with E-state index in [-0.39, 0.29) is 29.8 Å². The van der Waals surface area contributed by atoms with Crippen molar-refractivity contribution in [3.63, 3.8) is 0 Å². The molecule has 1 saturated heterocycles. The Balaban J connectivity index is 1.49. The third kappa shape index (κ3) is 4.60. The van der Waals surface area contributed by atoms with Gasteiger partial charge in [-0.2, -0.15) is 5.10 Å². The van der Waals surface area contributed by atoms with Crippen LogP contribution in [0.15, 0.2) is 30.5 Å². The zero-order chi connectivity index (χ0) is 22.7. The van der Waals surface area contributed by atoms with Crippen molar-refractivity contribution >= 4 is 17.6 Å². The second-order valence-corrected chi connectivity index (χ2v) is 8.63. The fourth-order valence-electron chi connectivity index (χ4n) is 4.18. The van der Waals surface area contributed by atoms with Crippen molar-refractivity contribution < 1.29 is 14.3 Å². The summed E-state index contributed by atoms with van der Waals surface area (Å²) in [6.45, 7) is 10.1. The second-order valence-electron chi connectivity index (χ2n) is 8.63. The molecule has 0 radical (unpaired) electrons. The van der Waals surface area contributed by atoms with E-state index in [1.54, 1.807) is 18.0 Å². The lowest BCUT2D eigenvalue weighted by Crippen LogP contribution is -2.47. The number of benzene rings is 1.